The quantitative estimate of drug-likeness (QED) is 0.789. The lowest BCUT2D eigenvalue weighted by Crippen LogP contribution is -2.17. The van der Waals surface area contributed by atoms with Crippen LogP contribution in [-0.2, 0) is 6.42 Å². The molecular weight excluding hydrogens is 261 g/mol. The molecule has 1 heterocycles. The summed E-state index contributed by atoms with van der Waals surface area (Å²) in [7, 11) is 1.42. The Morgan fingerprint density at radius 2 is 2.15 bits per heavy atom. The van der Waals surface area contributed by atoms with Crippen LogP contribution >= 0.6 is 0 Å². The number of benzene rings is 1. The third kappa shape index (κ3) is 3.54. The molecule has 0 saturated carbocycles. The van der Waals surface area contributed by atoms with E-state index in [4.69, 9.17) is 9.15 Å². The highest BCUT2D eigenvalue weighted by Gasteiger charge is 2.11. The zero-order chi connectivity index (χ0) is 14.4. The zero-order valence-electron chi connectivity index (χ0n) is 11.6. The van der Waals surface area contributed by atoms with E-state index in [1.165, 1.54) is 19.2 Å². The molecule has 0 bridgehead atoms. The topological polar surface area (TPSA) is 60.2 Å². The summed E-state index contributed by atoms with van der Waals surface area (Å²) >= 11 is 0. The SMILES string of the molecule is CCCNCCc1nnc(-c2ccc(OC)c(F)c2)o1. The molecule has 0 aliphatic heterocycles. The molecule has 0 aliphatic carbocycles. The lowest BCUT2D eigenvalue weighted by atomic mass is 10.2. The Bertz CT molecular complexity index is 557. The normalized spacial score (nSPS) is 10.8. The molecule has 6 heteroatoms. The number of halogens is 1. The summed E-state index contributed by atoms with van der Waals surface area (Å²) in [4.78, 5) is 0. The van der Waals surface area contributed by atoms with Gasteiger partial charge in [-0.3, -0.25) is 0 Å². The summed E-state index contributed by atoms with van der Waals surface area (Å²) in [5.74, 6) is 0.600. The molecule has 1 aromatic carbocycles. The second-order valence-corrected chi connectivity index (χ2v) is 4.35. The van der Waals surface area contributed by atoms with Gasteiger partial charge in [-0.15, -0.1) is 10.2 Å². The van der Waals surface area contributed by atoms with Gasteiger partial charge in [0.1, 0.15) is 0 Å². The molecule has 0 amide bonds. The van der Waals surface area contributed by atoms with E-state index in [1.807, 2.05) is 0 Å². The fraction of sp³-hybridized carbons (Fsp3) is 0.429. The predicted octanol–water partition coefficient (Wildman–Crippen LogP) is 2.43. The second kappa shape index (κ2) is 7.00. The molecule has 20 heavy (non-hydrogen) atoms. The monoisotopic (exact) mass is 279 g/mol. The maximum Gasteiger partial charge on any atom is 0.247 e. The first-order valence-corrected chi connectivity index (χ1v) is 6.61. The van der Waals surface area contributed by atoms with E-state index in [2.05, 4.69) is 22.4 Å². The van der Waals surface area contributed by atoms with E-state index in [-0.39, 0.29) is 5.75 Å². The van der Waals surface area contributed by atoms with Crippen molar-refractivity contribution in [3.05, 3.63) is 29.9 Å². The standard InChI is InChI=1S/C14H18FN3O2/c1-3-7-16-8-6-13-17-18-14(20-13)10-4-5-12(19-2)11(15)9-10/h4-5,9,16H,3,6-8H2,1-2H3. The number of hydrogen-bond donors (Lipinski definition) is 1. The van der Waals surface area contributed by atoms with Crippen LogP contribution in [-0.4, -0.2) is 30.4 Å². The Hall–Kier alpha value is -1.95. The van der Waals surface area contributed by atoms with Gasteiger partial charge < -0.3 is 14.5 Å². The number of nitrogens with one attached hydrogen (secondary N) is 1. The average molecular weight is 279 g/mol. The Balaban J connectivity index is 2.03. The zero-order valence-corrected chi connectivity index (χ0v) is 11.6. The summed E-state index contributed by atoms with van der Waals surface area (Å²) in [5, 5.41) is 11.1. The van der Waals surface area contributed by atoms with E-state index in [0.29, 0.717) is 23.8 Å². The maximum atomic E-state index is 13.6. The molecule has 0 saturated heterocycles. The summed E-state index contributed by atoms with van der Waals surface area (Å²) in [6.45, 7) is 3.85. The molecule has 1 N–H and O–H groups in total. The van der Waals surface area contributed by atoms with Crippen LogP contribution in [0.15, 0.2) is 22.6 Å². The van der Waals surface area contributed by atoms with Gasteiger partial charge in [0, 0.05) is 18.5 Å². The lowest BCUT2D eigenvalue weighted by Gasteiger charge is -2.02. The first kappa shape index (κ1) is 14.5. The van der Waals surface area contributed by atoms with Crippen molar-refractivity contribution in [1.82, 2.24) is 15.5 Å². The van der Waals surface area contributed by atoms with Crippen LogP contribution in [0.2, 0.25) is 0 Å². The summed E-state index contributed by atoms with van der Waals surface area (Å²) in [5.41, 5.74) is 0.545. The van der Waals surface area contributed by atoms with Gasteiger partial charge in [0.2, 0.25) is 11.8 Å². The van der Waals surface area contributed by atoms with Gasteiger partial charge in [-0.05, 0) is 31.2 Å². The largest absolute Gasteiger partial charge is 0.494 e. The molecule has 0 atom stereocenters. The van der Waals surface area contributed by atoms with Crippen molar-refractivity contribution in [2.24, 2.45) is 0 Å². The Labute approximate surface area is 117 Å². The fourth-order valence-corrected chi connectivity index (χ4v) is 1.77. The molecule has 0 radical (unpaired) electrons. The molecule has 2 rings (SSSR count). The van der Waals surface area contributed by atoms with E-state index >= 15 is 0 Å². The van der Waals surface area contributed by atoms with Crippen LogP contribution in [0.5, 0.6) is 5.75 Å². The second-order valence-electron chi connectivity index (χ2n) is 4.35. The molecule has 1 aromatic heterocycles. The highest BCUT2D eigenvalue weighted by Crippen LogP contribution is 2.24. The van der Waals surface area contributed by atoms with Crippen molar-refractivity contribution in [2.75, 3.05) is 20.2 Å². The molecule has 108 valence electrons. The molecule has 0 unspecified atom stereocenters. The number of rotatable bonds is 7. The Morgan fingerprint density at radius 3 is 2.85 bits per heavy atom. The van der Waals surface area contributed by atoms with Crippen LogP contribution in [0.3, 0.4) is 0 Å². The highest BCUT2D eigenvalue weighted by molar-refractivity contribution is 5.54. The predicted molar refractivity (Wildman–Crippen MR) is 73.1 cm³/mol. The third-order valence-electron chi connectivity index (χ3n) is 2.81. The highest BCUT2D eigenvalue weighted by atomic mass is 19.1. The molecular formula is C14H18FN3O2. The van der Waals surface area contributed by atoms with Crippen molar-refractivity contribution in [3.8, 4) is 17.2 Å². The van der Waals surface area contributed by atoms with Crippen molar-refractivity contribution < 1.29 is 13.5 Å². The van der Waals surface area contributed by atoms with E-state index in [1.54, 1.807) is 6.07 Å². The first-order valence-electron chi connectivity index (χ1n) is 6.61. The lowest BCUT2D eigenvalue weighted by molar-refractivity contribution is 0.386. The number of hydrogen-bond acceptors (Lipinski definition) is 5. The summed E-state index contributed by atoms with van der Waals surface area (Å²) < 4.78 is 24.0. The number of ether oxygens (including phenoxy) is 1. The van der Waals surface area contributed by atoms with Crippen LogP contribution in [0, 0.1) is 5.82 Å². The third-order valence-corrected chi connectivity index (χ3v) is 2.81. The van der Waals surface area contributed by atoms with Crippen LogP contribution < -0.4 is 10.1 Å². The van der Waals surface area contributed by atoms with E-state index in [0.717, 1.165) is 19.5 Å². The van der Waals surface area contributed by atoms with E-state index < -0.39 is 5.82 Å². The van der Waals surface area contributed by atoms with Gasteiger partial charge in [-0.1, -0.05) is 6.92 Å². The van der Waals surface area contributed by atoms with Crippen molar-refractivity contribution >= 4 is 0 Å². The average Bonchev–Trinajstić information content (AvgIpc) is 2.92. The molecule has 0 spiro atoms. The van der Waals surface area contributed by atoms with Crippen molar-refractivity contribution in [3.63, 3.8) is 0 Å². The maximum absolute atomic E-state index is 13.6. The van der Waals surface area contributed by atoms with Crippen molar-refractivity contribution in [2.45, 2.75) is 19.8 Å². The smallest absolute Gasteiger partial charge is 0.247 e. The molecule has 2 aromatic rings. The van der Waals surface area contributed by atoms with E-state index in [9.17, 15) is 4.39 Å². The minimum atomic E-state index is -0.450. The molecule has 0 fully saturated rings. The van der Waals surface area contributed by atoms with Gasteiger partial charge in [-0.25, -0.2) is 4.39 Å². The van der Waals surface area contributed by atoms with Gasteiger partial charge in [0.05, 0.1) is 7.11 Å². The summed E-state index contributed by atoms with van der Waals surface area (Å²) in [6.07, 6.45) is 1.74. The number of aromatic nitrogens is 2. The molecule has 0 aliphatic rings. The summed E-state index contributed by atoms with van der Waals surface area (Å²) in [6, 6.07) is 4.55. The fourth-order valence-electron chi connectivity index (χ4n) is 1.77. The van der Waals surface area contributed by atoms with Gasteiger partial charge in [0.25, 0.3) is 0 Å². The molecule has 5 nitrogen and oxygen atoms in total. The minimum absolute atomic E-state index is 0.192. The number of nitrogens with zero attached hydrogens (tertiary/aromatic N) is 2. The van der Waals surface area contributed by atoms with Gasteiger partial charge in [-0.2, -0.15) is 0 Å². The van der Waals surface area contributed by atoms with Crippen LogP contribution in [0.4, 0.5) is 4.39 Å². The first-order chi connectivity index (χ1) is 9.74. The van der Waals surface area contributed by atoms with Crippen molar-refractivity contribution in [1.29, 1.82) is 0 Å². The Kier molecular flexibility index (Phi) is 5.06. The Morgan fingerprint density at radius 1 is 1.30 bits per heavy atom. The minimum Gasteiger partial charge on any atom is -0.494 e. The van der Waals surface area contributed by atoms with Gasteiger partial charge >= 0.3 is 0 Å². The number of methoxy groups -OCH3 is 1. The van der Waals surface area contributed by atoms with Crippen LogP contribution in [0.1, 0.15) is 19.2 Å². The van der Waals surface area contributed by atoms with Crippen LogP contribution in [0.25, 0.3) is 11.5 Å². The van der Waals surface area contributed by atoms with Gasteiger partial charge in [0.15, 0.2) is 11.6 Å².